The normalized spacial score (nSPS) is 14.8. The van der Waals surface area contributed by atoms with Crippen molar-refractivity contribution in [1.82, 2.24) is 19.5 Å². The van der Waals surface area contributed by atoms with Gasteiger partial charge in [0.15, 0.2) is 11.6 Å². The van der Waals surface area contributed by atoms with Crippen LogP contribution < -0.4 is 0 Å². The maximum atomic E-state index is 5.15. The van der Waals surface area contributed by atoms with Crippen LogP contribution in [0.5, 0.6) is 0 Å². The first-order valence-electron chi connectivity index (χ1n) is 20.0. The molecule has 10 aromatic rings. The van der Waals surface area contributed by atoms with Gasteiger partial charge in [-0.05, 0) is 133 Å². The topological polar surface area (TPSA) is 43.6 Å². The van der Waals surface area contributed by atoms with Crippen LogP contribution in [0.4, 0.5) is 0 Å². The molecule has 4 nitrogen and oxygen atoms in total. The van der Waals surface area contributed by atoms with Crippen LogP contribution in [0.3, 0.4) is 0 Å². The molecule has 2 aromatic heterocycles. The van der Waals surface area contributed by atoms with Crippen LogP contribution in [0.1, 0.15) is 51.7 Å². The molecule has 0 N–H and O–H groups in total. The van der Waals surface area contributed by atoms with Crippen molar-refractivity contribution in [3.8, 4) is 39.6 Å². The molecule has 0 atom stereocenters. The summed E-state index contributed by atoms with van der Waals surface area (Å²) in [5.41, 5.74) is 10.9. The van der Waals surface area contributed by atoms with Crippen molar-refractivity contribution in [2.75, 3.05) is 0 Å². The summed E-state index contributed by atoms with van der Waals surface area (Å²) in [6.45, 7) is 9.65. The lowest BCUT2D eigenvalue weighted by Crippen LogP contribution is -2.33. The Morgan fingerprint density at radius 2 is 1.04 bits per heavy atom. The molecule has 1 aliphatic rings. The van der Waals surface area contributed by atoms with Crippen molar-refractivity contribution in [3.63, 3.8) is 0 Å². The molecule has 0 bridgehead atoms. The van der Waals surface area contributed by atoms with Crippen molar-refractivity contribution >= 4 is 54.1 Å². The Morgan fingerprint density at radius 1 is 0.439 bits per heavy atom. The summed E-state index contributed by atoms with van der Waals surface area (Å²) in [6.07, 6.45) is 4.00. The average molecular weight is 735 g/mol. The molecule has 4 heteroatoms. The van der Waals surface area contributed by atoms with E-state index in [2.05, 4.69) is 184 Å². The summed E-state index contributed by atoms with van der Waals surface area (Å²) in [7, 11) is 0. The van der Waals surface area contributed by atoms with Crippen LogP contribution in [0, 0.1) is 0 Å². The number of nitrogens with zero attached hydrogens (tertiary/aromatic N) is 4. The van der Waals surface area contributed by atoms with Gasteiger partial charge in [0, 0.05) is 27.6 Å². The molecular formula is C53H42N4. The second kappa shape index (κ2) is 12.4. The average Bonchev–Trinajstić information content (AvgIpc) is 3.55. The number of aromatic nitrogens is 4. The van der Waals surface area contributed by atoms with Gasteiger partial charge in [-0.15, -0.1) is 0 Å². The zero-order chi connectivity index (χ0) is 38.5. The van der Waals surface area contributed by atoms with Crippen molar-refractivity contribution in [2.24, 2.45) is 0 Å². The standard InChI is InChI=1S/C53H42N4/c1-52(2)22-23-53(3,4)47-31-49-45(30-46(47)52)44-27-35-14-7-8-15-36(35)29-48(44)57(49)41-18-11-17-39(26-41)50-54-32-55-51(56-50)40-25-37-16-9-10-19-42(37)43(28-40)38-21-20-33-12-5-6-13-34(33)24-38/h5-21,24-32H,22-23H2,1-4H3. The number of hydrogen-bond donors (Lipinski definition) is 0. The molecule has 0 amide bonds. The first kappa shape index (κ1) is 33.7. The van der Waals surface area contributed by atoms with Crippen molar-refractivity contribution < 1.29 is 0 Å². The number of hydrogen-bond acceptors (Lipinski definition) is 3. The summed E-state index contributed by atoms with van der Waals surface area (Å²) in [6, 6.07) is 55.4. The fourth-order valence-corrected chi connectivity index (χ4v) is 9.43. The van der Waals surface area contributed by atoms with Crippen LogP contribution >= 0.6 is 0 Å². The molecule has 57 heavy (non-hydrogen) atoms. The Hall–Kier alpha value is -6.65. The maximum absolute atomic E-state index is 5.15. The van der Waals surface area contributed by atoms with Gasteiger partial charge in [0.2, 0.25) is 0 Å². The van der Waals surface area contributed by atoms with Gasteiger partial charge >= 0.3 is 0 Å². The first-order valence-corrected chi connectivity index (χ1v) is 20.0. The van der Waals surface area contributed by atoms with E-state index in [1.807, 2.05) is 0 Å². The van der Waals surface area contributed by atoms with Gasteiger partial charge < -0.3 is 4.57 Å². The molecule has 0 spiro atoms. The molecule has 8 aromatic carbocycles. The lowest BCUT2D eigenvalue weighted by molar-refractivity contribution is 0.332. The minimum atomic E-state index is 0.0884. The van der Waals surface area contributed by atoms with Crippen LogP contribution in [-0.4, -0.2) is 19.5 Å². The van der Waals surface area contributed by atoms with E-state index < -0.39 is 0 Å². The smallest absolute Gasteiger partial charge is 0.163 e. The Kier molecular flexibility index (Phi) is 7.34. The molecule has 2 heterocycles. The SMILES string of the molecule is CC1(C)CCC(C)(C)c2cc3c(cc21)c1cc2ccccc2cc1n3-c1cccc(-c2ncnc(-c3cc(-c4ccc5ccccc5c4)c4ccccc4c3)n2)c1. The third-order valence-electron chi connectivity index (χ3n) is 12.7. The number of fused-ring (bicyclic) bond motifs is 7. The van der Waals surface area contributed by atoms with Gasteiger partial charge in [0.1, 0.15) is 6.33 Å². The first-order chi connectivity index (χ1) is 27.7. The number of rotatable bonds is 4. The van der Waals surface area contributed by atoms with E-state index in [0.29, 0.717) is 11.6 Å². The molecule has 0 aliphatic heterocycles. The molecule has 0 saturated carbocycles. The summed E-state index contributed by atoms with van der Waals surface area (Å²) >= 11 is 0. The monoisotopic (exact) mass is 734 g/mol. The van der Waals surface area contributed by atoms with E-state index >= 15 is 0 Å². The summed E-state index contributed by atoms with van der Waals surface area (Å²) in [5, 5.41) is 9.86. The van der Waals surface area contributed by atoms with E-state index in [9.17, 15) is 0 Å². The molecule has 1 aliphatic carbocycles. The minimum absolute atomic E-state index is 0.0884. The van der Waals surface area contributed by atoms with Gasteiger partial charge in [-0.1, -0.05) is 125 Å². The Balaban J connectivity index is 1.07. The van der Waals surface area contributed by atoms with Crippen LogP contribution in [0.15, 0.2) is 158 Å². The van der Waals surface area contributed by atoms with Gasteiger partial charge in [-0.3, -0.25) is 0 Å². The summed E-state index contributed by atoms with van der Waals surface area (Å²) in [5.74, 6) is 1.30. The molecule has 0 saturated heterocycles. The van der Waals surface area contributed by atoms with Gasteiger partial charge in [-0.2, -0.15) is 0 Å². The maximum Gasteiger partial charge on any atom is 0.163 e. The fourth-order valence-electron chi connectivity index (χ4n) is 9.43. The second-order valence-corrected chi connectivity index (χ2v) is 17.2. The summed E-state index contributed by atoms with van der Waals surface area (Å²) < 4.78 is 2.46. The van der Waals surface area contributed by atoms with Gasteiger partial charge in [0.05, 0.1) is 11.0 Å². The Morgan fingerprint density at radius 3 is 1.81 bits per heavy atom. The van der Waals surface area contributed by atoms with Gasteiger partial charge in [-0.25, -0.2) is 15.0 Å². The molecular weight excluding hydrogens is 693 g/mol. The molecule has 0 unspecified atom stereocenters. The highest BCUT2D eigenvalue weighted by Crippen LogP contribution is 2.49. The highest BCUT2D eigenvalue weighted by atomic mass is 15.0. The van der Waals surface area contributed by atoms with Crippen molar-refractivity contribution in [2.45, 2.75) is 51.4 Å². The van der Waals surface area contributed by atoms with E-state index in [0.717, 1.165) is 27.8 Å². The zero-order valence-corrected chi connectivity index (χ0v) is 32.7. The van der Waals surface area contributed by atoms with E-state index in [1.165, 1.54) is 78.3 Å². The van der Waals surface area contributed by atoms with E-state index in [-0.39, 0.29) is 10.8 Å². The largest absolute Gasteiger partial charge is 0.309 e. The van der Waals surface area contributed by atoms with Crippen molar-refractivity contribution in [3.05, 3.63) is 169 Å². The Labute approximate surface area is 332 Å². The third-order valence-corrected chi connectivity index (χ3v) is 12.7. The Bertz CT molecular complexity index is 3260. The highest BCUT2D eigenvalue weighted by molar-refractivity contribution is 6.14. The molecule has 11 rings (SSSR count). The second-order valence-electron chi connectivity index (χ2n) is 17.2. The van der Waals surface area contributed by atoms with Crippen molar-refractivity contribution in [1.29, 1.82) is 0 Å². The minimum Gasteiger partial charge on any atom is -0.309 e. The summed E-state index contributed by atoms with van der Waals surface area (Å²) in [4.78, 5) is 14.7. The quantitative estimate of drug-likeness (QED) is 0.181. The van der Waals surface area contributed by atoms with Crippen LogP contribution in [0.2, 0.25) is 0 Å². The lowest BCUT2D eigenvalue weighted by Gasteiger charge is -2.42. The van der Waals surface area contributed by atoms with Crippen LogP contribution in [0.25, 0.3) is 93.7 Å². The highest BCUT2D eigenvalue weighted by Gasteiger charge is 2.38. The van der Waals surface area contributed by atoms with E-state index in [1.54, 1.807) is 6.33 Å². The zero-order valence-electron chi connectivity index (χ0n) is 32.7. The van der Waals surface area contributed by atoms with Crippen LogP contribution in [-0.2, 0) is 10.8 Å². The predicted octanol–water partition coefficient (Wildman–Crippen LogP) is 13.8. The lowest BCUT2D eigenvalue weighted by atomic mass is 9.63. The molecule has 0 fully saturated rings. The fraction of sp³-hybridized carbons (Fsp3) is 0.151. The van der Waals surface area contributed by atoms with E-state index in [4.69, 9.17) is 15.0 Å². The third kappa shape index (κ3) is 5.46. The molecule has 274 valence electrons. The van der Waals surface area contributed by atoms with Gasteiger partial charge in [0.25, 0.3) is 0 Å². The predicted molar refractivity (Wildman–Crippen MR) is 238 cm³/mol. The molecule has 0 radical (unpaired) electrons. The number of benzene rings is 8.